The van der Waals surface area contributed by atoms with Gasteiger partial charge in [-0.25, -0.2) is 9.97 Å². The molecule has 0 aliphatic heterocycles. The van der Waals surface area contributed by atoms with Gasteiger partial charge >= 0.3 is 6.18 Å². The fourth-order valence-corrected chi connectivity index (χ4v) is 4.23. The molecule has 4 aromatic rings. The van der Waals surface area contributed by atoms with Gasteiger partial charge in [-0.2, -0.15) is 13.2 Å². The number of thioether (sulfide) groups is 1. The lowest BCUT2D eigenvalue weighted by Gasteiger charge is -2.11. The highest BCUT2D eigenvalue weighted by Crippen LogP contribution is 2.31. The molecule has 2 aromatic carbocycles. The van der Waals surface area contributed by atoms with Gasteiger partial charge < -0.3 is 5.32 Å². The van der Waals surface area contributed by atoms with Crippen LogP contribution in [0.4, 0.5) is 13.2 Å². The number of carbonyl (C=O) groups excluding carboxylic acids is 1. The summed E-state index contributed by atoms with van der Waals surface area (Å²) < 4.78 is 40.7. The maximum absolute atomic E-state index is 13.0. The molecule has 0 bridgehead atoms. The summed E-state index contributed by atoms with van der Waals surface area (Å²) in [5.74, 6) is 0.0690. The van der Waals surface area contributed by atoms with E-state index in [4.69, 9.17) is 0 Å². The normalized spacial score (nSPS) is 11.6. The van der Waals surface area contributed by atoms with E-state index in [-0.39, 0.29) is 18.2 Å². The van der Waals surface area contributed by atoms with Crippen LogP contribution >= 0.6 is 11.8 Å². The Balaban J connectivity index is 1.49. The Morgan fingerprint density at radius 2 is 1.85 bits per heavy atom. The molecule has 0 saturated heterocycles. The summed E-state index contributed by atoms with van der Waals surface area (Å²) >= 11 is 1.27. The molecular formula is C24H21F3N4OS. The van der Waals surface area contributed by atoms with Crippen LogP contribution in [0.2, 0.25) is 0 Å². The van der Waals surface area contributed by atoms with Crippen molar-refractivity contribution >= 4 is 28.8 Å². The second kappa shape index (κ2) is 9.66. The summed E-state index contributed by atoms with van der Waals surface area (Å²) in [6.07, 6.45) is -2.78. The molecule has 170 valence electrons. The van der Waals surface area contributed by atoms with Crippen molar-refractivity contribution < 1.29 is 18.0 Å². The number of aromatic nitrogens is 3. The van der Waals surface area contributed by atoms with Crippen molar-refractivity contribution in [2.45, 2.75) is 37.1 Å². The Labute approximate surface area is 193 Å². The van der Waals surface area contributed by atoms with Crippen LogP contribution in [0.15, 0.2) is 72.0 Å². The molecular weight excluding hydrogens is 449 g/mol. The fraction of sp³-hybridized carbons (Fsp3) is 0.208. The van der Waals surface area contributed by atoms with Crippen molar-refractivity contribution in [3.8, 4) is 0 Å². The van der Waals surface area contributed by atoms with E-state index in [1.54, 1.807) is 29.0 Å². The third kappa shape index (κ3) is 5.73. The first-order valence-electron chi connectivity index (χ1n) is 10.2. The van der Waals surface area contributed by atoms with Gasteiger partial charge in [-0.15, -0.1) is 0 Å². The zero-order valence-electron chi connectivity index (χ0n) is 17.8. The van der Waals surface area contributed by atoms with Crippen molar-refractivity contribution in [3.05, 3.63) is 89.1 Å². The van der Waals surface area contributed by atoms with Crippen molar-refractivity contribution in [2.24, 2.45) is 0 Å². The van der Waals surface area contributed by atoms with Crippen LogP contribution in [0.5, 0.6) is 0 Å². The number of nitrogens with one attached hydrogen (secondary N) is 1. The van der Waals surface area contributed by atoms with Gasteiger partial charge in [0.25, 0.3) is 0 Å². The SMILES string of the molecule is Cc1ccc(CNC(=O)Cn2c(SCc3cccc(C(F)(F)F)c3)nc3cccnc32)cc1. The van der Waals surface area contributed by atoms with Crippen molar-refractivity contribution in [3.63, 3.8) is 0 Å². The molecule has 0 spiro atoms. The van der Waals surface area contributed by atoms with Crippen LogP contribution < -0.4 is 5.32 Å². The Morgan fingerprint density at radius 3 is 2.61 bits per heavy atom. The van der Waals surface area contributed by atoms with Gasteiger partial charge in [-0.3, -0.25) is 9.36 Å². The highest BCUT2D eigenvalue weighted by Gasteiger charge is 2.30. The first-order chi connectivity index (χ1) is 15.8. The average Bonchev–Trinajstić information content (AvgIpc) is 3.14. The molecule has 2 heterocycles. The highest BCUT2D eigenvalue weighted by molar-refractivity contribution is 7.98. The average molecular weight is 471 g/mol. The summed E-state index contributed by atoms with van der Waals surface area (Å²) in [5, 5.41) is 3.42. The number of hydrogen-bond donors (Lipinski definition) is 1. The Hall–Kier alpha value is -3.33. The first kappa shape index (κ1) is 22.8. The van der Waals surface area contributed by atoms with Gasteiger partial charge in [0.2, 0.25) is 5.91 Å². The van der Waals surface area contributed by atoms with E-state index in [9.17, 15) is 18.0 Å². The molecule has 4 rings (SSSR count). The van der Waals surface area contributed by atoms with Crippen LogP contribution in [0.1, 0.15) is 22.3 Å². The molecule has 0 fully saturated rings. The van der Waals surface area contributed by atoms with Gasteiger partial charge in [-0.1, -0.05) is 59.8 Å². The number of pyridine rings is 1. The molecule has 0 unspecified atom stereocenters. The lowest BCUT2D eigenvalue weighted by atomic mass is 10.1. The summed E-state index contributed by atoms with van der Waals surface area (Å²) in [7, 11) is 0. The van der Waals surface area contributed by atoms with Crippen LogP contribution in [-0.4, -0.2) is 20.4 Å². The zero-order valence-corrected chi connectivity index (χ0v) is 18.6. The number of aryl methyl sites for hydroxylation is 1. The quantitative estimate of drug-likeness (QED) is 0.369. The van der Waals surface area contributed by atoms with Gasteiger partial charge in [0.1, 0.15) is 12.1 Å². The fourth-order valence-electron chi connectivity index (χ4n) is 3.28. The maximum atomic E-state index is 13.0. The lowest BCUT2D eigenvalue weighted by molar-refractivity contribution is -0.137. The third-order valence-electron chi connectivity index (χ3n) is 5.00. The molecule has 0 saturated carbocycles. The monoisotopic (exact) mass is 470 g/mol. The number of hydrogen-bond acceptors (Lipinski definition) is 4. The second-order valence-electron chi connectivity index (χ2n) is 7.58. The van der Waals surface area contributed by atoms with E-state index < -0.39 is 11.7 Å². The number of imidazole rings is 1. The van der Waals surface area contributed by atoms with Crippen molar-refractivity contribution in [1.82, 2.24) is 19.9 Å². The van der Waals surface area contributed by atoms with Gasteiger partial charge in [-0.05, 0) is 36.2 Å². The first-order valence-corrected chi connectivity index (χ1v) is 11.2. The Kier molecular flexibility index (Phi) is 6.69. The van der Waals surface area contributed by atoms with E-state index in [2.05, 4.69) is 15.3 Å². The topological polar surface area (TPSA) is 59.8 Å². The summed E-state index contributed by atoms with van der Waals surface area (Å²) in [6.45, 7) is 2.40. The third-order valence-corrected chi connectivity index (χ3v) is 6.05. The molecule has 5 nitrogen and oxygen atoms in total. The summed E-state index contributed by atoms with van der Waals surface area (Å²) in [4.78, 5) is 21.5. The lowest BCUT2D eigenvalue weighted by Crippen LogP contribution is -2.27. The largest absolute Gasteiger partial charge is 0.416 e. The molecule has 9 heteroatoms. The number of alkyl halides is 3. The molecule has 2 aromatic heterocycles. The zero-order chi connectivity index (χ0) is 23.4. The van der Waals surface area contributed by atoms with Gasteiger partial charge in [0.15, 0.2) is 10.8 Å². The molecule has 0 atom stereocenters. The number of benzene rings is 2. The van der Waals surface area contributed by atoms with Gasteiger partial charge in [0, 0.05) is 18.5 Å². The standard InChI is InChI=1S/C24H21F3N4OS/c1-16-7-9-17(10-8-16)13-29-21(32)14-31-22-20(6-3-11-28-22)30-23(31)33-15-18-4-2-5-19(12-18)24(25,26)27/h2-12H,13-15H2,1H3,(H,29,32). The van der Waals surface area contributed by atoms with Crippen LogP contribution in [0, 0.1) is 6.92 Å². The minimum absolute atomic E-state index is 0.00426. The number of nitrogens with zero attached hydrogens (tertiary/aromatic N) is 3. The molecule has 33 heavy (non-hydrogen) atoms. The second-order valence-corrected chi connectivity index (χ2v) is 8.52. The Morgan fingerprint density at radius 1 is 1.06 bits per heavy atom. The molecule has 1 N–H and O–H groups in total. The summed E-state index contributed by atoms with van der Waals surface area (Å²) in [5.41, 5.74) is 3.13. The van der Waals surface area contributed by atoms with E-state index in [0.29, 0.717) is 28.4 Å². The predicted octanol–water partition coefficient (Wildman–Crippen LogP) is 5.37. The van der Waals surface area contributed by atoms with E-state index >= 15 is 0 Å². The summed E-state index contributed by atoms with van der Waals surface area (Å²) in [6, 6.07) is 16.6. The number of fused-ring (bicyclic) bond motifs is 1. The molecule has 0 aliphatic carbocycles. The van der Waals surface area contributed by atoms with Gasteiger partial charge in [0.05, 0.1) is 5.56 Å². The minimum atomic E-state index is -4.40. The molecule has 0 radical (unpaired) electrons. The van der Waals surface area contributed by atoms with Crippen LogP contribution in [0.25, 0.3) is 11.2 Å². The smallest absolute Gasteiger partial charge is 0.350 e. The molecule has 0 aliphatic rings. The number of carbonyl (C=O) groups is 1. The number of rotatable bonds is 7. The van der Waals surface area contributed by atoms with E-state index in [0.717, 1.165) is 23.3 Å². The van der Waals surface area contributed by atoms with E-state index in [1.165, 1.54) is 17.8 Å². The van der Waals surface area contributed by atoms with Crippen molar-refractivity contribution in [1.29, 1.82) is 0 Å². The van der Waals surface area contributed by atoms with Crippen LogP contribution in [-0.2, 0) is 29.8 Å². The van der Waals surface area contributed by atoms with Crippen molar-refractivity contribution in [2.75, 3.05) is 0 Å². The highest BCUT2D eigenvalue weighted by atomic mass is 32.2. The molecule has 1 amide bonds. The predicted molar refractivity (Wildman–Crippen MR) is 122 cm³/mol. The number of amides is 1. The Bertz CT molecular complexity index is 1270. The van der Waals surface area contributed by atoms with E-state index in [1.807, 2.05) is 31.2 Å². The number of halogens is 3. The van der Waals surface area contributed by atoms with Crippen LogP contribution in [0.3, 0.4) is 0 Å². The minimum Gasteiger partial charge on any atom is -0.350 e. The maximum Gasteiger partial charge on any atom is 0.416 e.